The van der Waals surface area contributed by atoms with Crippen LogP contribution in [0.25, 0.3) is 0 Å². The van der Waals surface area contributed by atoms with Crippen LogP contribution in [0.15, 0.2) is 5.38 Å². The summed E-state index contributed by atoms with van der Waals surface area (Å²) < 4.78 is 19.2. The summed E-state index contributed by atoms with van der Waals surface area (Å²) in [6, 6.07) is 0. The molecule has 0 N–H and O–H groups in total. The van der Waals surface area contributed by atoms with Crippen LogP contribution in [0.5, 0.6) is 11.5 Å². The Hall–Kier alpha value is 0.0987. The van der Waals surface area contributed by atoms with Crippen LogP contribution in [0.1, 0.15) is 125 Å². The van der Waals surface area contributed by atoms with E-state index in [1.807, 2.05) is 11.3 Å². The van der Waals surface area contributed by atoms with Crippen molar-refractivity contribution in [1.29, 1.82) is 0 Å². The molecule has 0 saturated heterocycles. The van der Waals surface area contributed by atoms with Crippen molar-refractivity contribution in [3.05, 3.63) is 5.38 Å². The minimum atomic E-state index is -2.52. The molecule has 1 aromatic rings. The molecule has 0 fully saturated rings. The van der Waals surface area contributed by atoms with Crippen molar-refractivity contribution in [2.75, 3.05) is 13.2 Å². The Labute approximate surface area is 209 Å². The monoisotopic (exact) mass is 574 g/mol. The summed E-state index contributed by atoms with van der Waals surface area (Å²) in [4.78, 5) is 0. The van der Waals surface area contributed by atoms with E-state index in [9.17, 15) is 0 Å². The van der Waals surface area contributed by atoms with E-state index in [-0.39, 0.29) is 0 Å². The van der Waals surface area contributed by atoms with Crippen molar-refractivity contribution in [3.8, 4) is 11.5 Å². The molecule has 0 aliphatic heterocycles. The number of ether oxygens (including phenoxy) is 2. The predicted molar refractivity (Wildman–Crippen MR) is 148 cm³/mol. The van der Waals surface area contributed by atoms with Gasteiger partial charge in [-0.15, -0.1) is 0 Å². The molecule has 0 saturated carbocycles. The van der Waals surface area contributed by atoms with E-state index in [0.29, 0.717) is 0 Å². The molecule has 0 unspecified atom stereocenters. The average Bonchev–Trinajstić information content (AvgIpc) is 3.22. The van der Waals surface area contributed by atoms with Crippen molar-refractivity contribution in [2.45, 2.75) is 138 Å². The van der Waals surface area contributed by atoms with Gasteiger partial charge in [-0.1, -0.05) is 0 Å². The third-order valence-corrected chi connectivity index (χ3v) is 26.0. The fraction of sp³-hybridized carbons (Fsp3) is 0.857. The Morgan fingerprint density at radius 3 is 1.53 bits per heavy atom. The van der Waals surface area contributed by atoms with Gasteiger partial charge in [0.05, 0.1) is 0 Å². The van der Waals surface area contributed by atoms with Crippen LogP contribution in [0.4, 0.5) is 0 Å². The van der Waals surface area contributed by atoms with E-state index in [1.165, 1.54) is 103 Å². The van der Waals surface area contributed by atoms with E-state index >= 15 is 0 Å². The number of hydrogen-bond donors (Lipinski definition) is 0. The van der Waals surface area contributed by atoms with Crippen molar-refractivity contribution < 1.29 is 9.47 Å². The molecule has 2 nitrogen and oxygen atoms in total. The normalized spacial score (nSPS) is 11.8. The molecule has 0 atom stereocenters. The Morgan fingerprint density at radius 1 is 0.594 bits per heavy atom. The quantitative estimate of drug-likeness (QED) is 0.102. The fourth-order valence-corrected chi connectivity index (χ4v) is 25.1. The molecule has 0 spiro atoms. The Bertz CT molecular complexity index is 536. The first-order valence-electron chi connectivity index (χ1n) is 14.1. The number of rotatable bonds is 22. The summed E-state index contributed by atoms with van der Waals surface area (Å²) in [7, 11) is 0. The van der Waals surface area contributed by atoms with Gasteiger partial charge < -0.3 is 0 Å². The Balaban J connectivity index is 3.13. The van der Waals surface area contributed by atoms with Crippen LogP contribution in [0.2, 0.25) is 13.3 Å². The predicted octanol–water partition coefficient (Wildman–Crippen LogP) is 9.72. The van der Waals surface area contributed by atoms with Gasteiger partial charge in [0.25, 0.3) is 0 Å². The van der Waals surface area contributed by atoms with Crippen molar-refractivity contribution >= 4 is 32.6 Å². The number of unbranched alkanes of at least 4 members (excludes halogenated alkanes) is 9. The first-order valence-corrected chi connectivity index (χ1v) is 22.4. The maximum atomic E-state index is 6.62. The van der Waals surface area contributed by atoms with Gasteiger partial charge in [-0.05, 0) is 0 Å². The molecule has 1 rings (SSSR count). The summed E-state index contributed by atoms with van der Waals surface area (Å²) >= 11 is -0.508. The van der Waals surface area contributed by atoms with Gasteiger partial charge in [-0.3, -0.25) is 0 Å². The van der Waals surface area contributed by atoms with Gasteiger partial charge in [0.1, 0.15) is 0 Å². The topological polar surface area (TPSA) is 18.5 Å². The molecule has 1 heterocycles. The zero-order chi connectivity index (χ0) is 23.5. The van der Waals surface area contributed by atoms with Crippen LogP contribution in [0.3, 0.4) is 0 Å². The van der Waals surface area contributed by atoms with Crippen LogP contribution in [-0.4, -0.2) is 31.6 Å². The van der Waals surface area contributed by atoms with E-state index in [0.717, 1.165) is 25.4 Å². The molecule has 188 valence electrons. The molecule has 4 heteroatoms. The summed E-state index contributed by atoms with van der Waals surface area (Å²) in [5.74, 6) is 2.27. The third-order valence-electron chi connectivity index (χ3n) is 6.72. The molecule has 1 aromatic heterocycles. The van der Waals surface area contributed by atoms with Gasteiger partial charge in [-0.2, -0.15) is 0 Å². The van der Waals surface area contributed by atoms with Crippen LogP contribution in [0, 0.1) is 0 Å². The second kappa shape index (κ2) is 19.4. The summed E-state index contributed by atoms with van der Waals surface area (Å²) in [6.45, 7) is 13.3. The molecule has 0 aromatic carbocycles. The SMILES string of the molecule is CCCCCCOc1cs[c]([Sn]([CH2]CCC)([CH2]CCC)[CH2]CCC)c1OCCCCCC. The van der Waals surface area contributed by atoms with Crippen LogP contribution < -0.4 is 12.4 Å². The Morgan fingerprint density at radius 2 is 1.06 bits per heavy atom. The minimum absolute atomic E-state index is 0.837. The molecule has 0 aliphatic carbocycles. The first-order chi connectivity index (χ1) is 15.7. The molecular formula is C28H54O2SSn. The second-order valence-electron chi connectivity index (χ2n) is 9.67. The van der Waals surface area contributed by atoms with Gasteiger partial charge in [0.2, 0.25) is 0 Å². The summed E-state index contributed by atoms with van der Waals surface area (Å²) in [5, 5.41) is 2.31. The third kappa shape index (κ3) is 11.0. The van der Waals surface area contributed by atoms with E-state index < -0.39 is 18.4 Å². The summed E-state index contributed by atoms with van der Waals surface area (Å²) in [6.07, 6.45) is 18.2. The van der Waals surface area contributed by atoms with Crippen LogP contribution >= 0.6 is 11.3 Å². The zero-order valence-electron chi connectivity index (χ0n) is 22.2. The van der Waals surface area contributed by atoms with Crippen LogP contribution in [-0.2, 0) is 0 Å². The van der Waals surface area contributed by atoms with E-state index in [1.54, 1.807) is 2.89 Å². The fourth-order valence-electron chi connectivity index (χ4n) is 4.61. The number of hydrogen-bond acceptors (Lipinski definition) is 3. The van der Waals surface area contributed by atoms with E-state index in [4.69, 9.17) is 9.47 Å². The molecule has 0 radical (unpaired) electrons. The van der Waals surface area contributed by atoms with E-state index in [2.05, 4.69) is 40.0 Å². The van der Waals surface area contributed by atoms with Gasteiger partial charge in [-0.25, -0.2) is 0 Å². The van der Waals surface area contributed by atoms with Crippen molar-refractivity contribution in [2.24, 2.45) is 0 Å². The molecule has 32 heavy (non-hydrogen) atoms. The van der Waals surface area contributed by atoms with Gasteiger partial charge in [0, 0.05) is 0 Å². The number of thiophene rings is 1. The molecule has 0 aliphatic rings. The molecular weight excluding hydrogens is 519 g/mol. The second-order valence-corrected chi connectivity index (χ2v) is 24.6. The standard InChI is InChI=1S/C16H27O2S.3C4H9.Sn/c1-3-5-7-9-11-17-15-13-19-14-16(15)18-12-10-8-6-4-2;3*1-3-4-2;/h13H,3-12H2,1-2H3;3*1,3-4H2,2H3;. The van der Waals surface area contributed by atoms with Crippen molar-refractivity contribution in [1.82, 2.24) is 0 Å². The molecule has 0 bridgehead atoms. The van der Waals surface area contributed by atoms with Gasteiger partial charge >= 0.3 is 210 Å². The Kier molecular flexibility index (Phi) is 18.3. The van der Waals surface area contributed by atoms with Crippen molar-refractivity contribution in [3.63, 3.8) is 0 Å². The first kappa shape index (κ1) is 30.1. The average molecular weight is 574 g/mol. The molecule has 0 amide bonds. The maximum absolute atomic E-state index is 6.62. The van der Waals surface area contributed by atoms with Gasteiger partial charge in [0.15, 0.2) is 0 Å². The summed E-state index contributed by atoms with van der Waals surface area (Å²) in [5.41, 5.74) is 0. The zero-order valence-corrected chi connectivity index (χ0v) is 25.9.